The second kappa shape index (κ2) is 5.93. The highest BCUT2D eigenvalue weighted by Gasteiger charge is 2.22. The summed E-state index contributed by atoms with van der Waals surface area (Å²) >= 11 is 1.70. The fourth-order valence-electron chi connectivity index (χ4n) is 2.84. The molecule has 5 heteroatoms. The highest BCUT2D eigenvalue weighted by molar-refractivity contribution is 7.13. The van der Waals surface area contributed by atoms with Gasteiger partial charge < -0.3 is 4.90 Å². The van der Waals surface area contributed by atoms with Crippen LogP contribution < -0.4 is 0 Å². The Bertz CT molecular complexity index is 828. The van der Waals surface area contributed by atoms with E-state index in [2.05, 4.69) is 21.4 Å². The zero-order chi connectivity index (χ0) is 15.6. The van der Waals surface area contributed by atoms with Gasteiger partial charge in [-0.25, -0.2) is 9.97 Å². The first-order valence-electron chi connectivity index (χ1n) is 7.52. The van der Waals surface area contributed by atoms with Gasteiger partial charge in [0, 0.05) is 41.7 Å². The highest BCUT2D eigenvalue weighted by Crippen LogP contribution is 2.25. The molecule has 1 aromatic carbocycles. The summed E-state index contributed by atoms with van der Waals surface area (Å²) in [7, 11) is 0. The van der Waals surface area contributed by atoms with Gasteiger partial charge in [-0.2, -0.15) is 0 Å². The number of carbonyl (C=O) groups is 1. The highest BCUT2D eigenvalue weighted by atomic mass is 32.1. The molecule has 0 bridgehead atoms. The van der Waals surface area contributed by atoms with Crippen molar-refractivity contribution in [2.75, 3.05) is 6.54 Å². The molecule has 0 aliphatic carbocycles. The molecule has 4 nitrogen and oxygen atoms in total. The third-order valence-corrected chi connectivity index (χ3v) is 5.00. The predicted octanol–water partition coefficient (Wildman–Crippen LogP) is 3.40. The number of thiophene rings is 1. The van der Waals surface area contributed by atoms with Crippen molar-refractivity contribution in [1.82, 2.24) is 14.9 Å². The van der Waals surface area contributed by atoms with Crippen molar-refractivity contribution in [2.45, 2.75) is 13.0 Å². The molecule has 0 atom stereocenters. The molecule has 23 heavy (non-hydrogen) atoms. The fourth-order valence-corrected chi connectivity index (χ4v) is 3.58. The number of aromatic nitrogens is 2. The number of benzene rings is 1. The summed E-state index contributed by atoms with van der Waals surface area (Å²) in [6, 6.07) is 12.0. The quantitative estimate of drug-likeness (QED) is 0.727. The van der Waals surface area contributed by atoms with Gasteiger partial charge in [-0.1, -0.05) is 18.2 Å². The number of nitrogens with zero attached hydrogens (tertiary/aromatic N) is 3. The van der Waals surface area contributed by atoms with E-state index in [9.17, 15) is 4.79 Å². The van der Waals surface area contributed by atoms with Crippen LogP contribution in [0.1, 0.15) is 21.6 Å². The molecule has 1 aliphatic rings. The third-order valence-electron chi connectivity index (χ3n) is 4.09. The molecule has 0 radical (unpaired) electrons. The van der Waals surface area contributed by atoms with Crippen molar-refractivity contribution in [3.63, 3.8) is 0 Å². The Hall–Kier alpha value is -2.53. The molecular weight excluding hydrogens is 306 g/mol. The summed E-state index contributed by atoms with van der Waals surface area (Å²) < 4.78 is 0. The third kappa shape index (κ3) is 2.75. The standard InChI is InChI=1S/C18H15N3OS/c22-18(21-8-7-16-15(11-21)10-19-12-20-16)14-5-3-13(4-6-14)17-2-1-9-23-17/h1-6,9-10,12H,7-8,11H2. The fraction of sp³-hybridized carbons (Fsp3) is 0.167. The van der Waals surface area contributed by atoms with E-state index in [1.807, 2.05) is 41.4 Å². The van der Waals surface area contributed by atoms with Gasteiger partial charge in [0.05, 0.1) is 5.69 Å². The summed E-state index contributed by atoms with van der Waals surface area (Å²) in [5.41, 5.74) is 3.97. The average Bonchev–Trinajstić information content (AvgIpc) is 3.15. The minimum Gasteiger partial charge on any atom is -0.334 e. The summed E-state index contributed by atoms with van der Waals surface area (Å²) in [4.78, 5) is 24.1. The number of amides is 1. The normalized spacial score (nSPS) is 13.7. The van der Waals surface area contributed by atoms with E-state index in [4.69, 9.17) is 0 Å². The van der Waals surface area contributed by atoms with Gasteiger partial charge in [-0.3, -0.25) is 4.79 Å². The number of carbonyl (C=O) groups excluding carboxylic acids is 1. The molecule has 0 fully saturated rings. The Morgan fingerprint density at radius 1 is 1.17 bits per heavy atom. The molecule has 0 saturated carbocycles. The van der Waals surface area contributed by atoms with Gasteiger partial charge in [0.15, 0.2) is 0 Å². The van der Waals surface area contributed by atoms with Crippen LogP contribution in [0, 0.1) is 0 Å². The van der Waals surface area contributed by atoms with Crippen molar-refractivity contribution < 1.29 is 4.79 Å². The zero-order valence-electron chi connectivity index (χ0n) is 12.5. The van der Waals surface area contributed by atoms with E-state index in [0.29, 0.717) is 13.1 Å². The molecule has 1 aliphatic heterocycles. The molecule has 0 saturated heterocycles. The summed E-state index contributed by atoms with van der Waals surface area (Å²) in [6.45, 7) is 1.29. The van der Waals surface area contributed by atoms with Crippen molar-refractivity contribution in [2.24, 2.45) is 0 Å². The van der Waals surface area contributed by atoms with Crippen LogP contribution in [0.4, 0.5) is 0 Å². The van der Waals surface area contributed by atoms with Crippen LogP contribution in [-0.4, -0.2) is 27.3 Å². The lowest BCUT2D eigenvalue weighted by Crippen LogP contribution is -2.36. The number of hydrogen-bond acceptors (Lipinski definition) is 4. The van der Waals surface area contributed by atoms with Crippen LogP contribution in [0.15, 0.2) is 54.3 Å². The molecule has 114 valence electrons. The largest absolute Gasteiger partial charge is 0.334 e. The van der Waals surface area contributed by atoms with E-state index >= 15 is 0 Å². The summed E-state index contributed by atoms with van der Waals surface area (Å²) in [5.74, 6) is 0.0669. The Morgan fingerprint density at radius 2 is 2.04 bits per heavy atom. The van der Waals surface area contributed by atoms with E-state index in [-0.39, 0.29) is 5.91 Å². The van der Waals surface area contributed by atoms with Crippen molar-refractivity contribution in [3.8, 4) is 10.4 Å². The maximum Gasteiger partial charge on any atom is 0.254 e. The van der Waals surface area contributed by atoms with E-state index < -0.39 is 0 Å². The van der Waals surface area contributed by atoms with Crippen molar-refractivity contribution in [1.29, 1.82) is 0 Å². The van der Waals surface area contributed by atoms with Crippen molar-refractivity contribution in [3.05, 3.63) is 71.1 Å². The Balaban J connectivity index is 1.53. The molecule has 4 rings (SSSR count). The Labute approximate surface area is 138 Å². The lowest BCUT2D eigenvalue weighted by Gasteiger charge is -2.27. The average molecular weight is 321 g/mol. The molecule has 3 heterocycles. The summed E-state index contributed by atoms with van der Waals surface area (Å²) in [5, 5.41) is 2.06. The summed E-state index contributed by atoms with van der Waals surface area (Å²) in [6.07, 6.45) is 4.16. The molecule has 0 unspecified atom stereocenters. The molecule has 3 aromatic rings. The Kier molecular flexibility index (Phi) is 3.63. The van der Waals surface area contributed by atoms with Gasteiger partial charge in [-0.05, 0) is 29.1 Å². The van der Waals surface area contributed by atoms with Crippen LogP contribution in [-0.2, 0) is 13.0 Å². The van der Waals surface area contributed by atoms with Crippen molar-refractivity contribution >= 4 is 17.2 Å². The molecule has 2 aromatic heterocycles. The van der Waals surface area contributed by atoms with Crippen LogP contribution in [0.5, 0.6) is 0 Å². The van der Waals surface area contributed by atoms with Crippen LogP contribution in [0.3, 0.4) is 0 Å². The Morgan fingerprint density at radius 3 is 2.83 bits per heavy atom. The van der Waals surface area contributed by atoms with E-state index in [1.165, 1.54) is 4.88 Å². The zero-order valence-corrected chi connectivity index (χ0v) is 13.3. The second-order valence-corrected chi connectivity index (χ2v) is 6.47. The first kappa shape index (κ1) is 14.1. The molecular formula is C18H15N3OS. The monoisotopic (exact) mass is 321 g/mol. The van der Waals surface area contributed by atoms with Crippen LogP contribution >= 0.6 is 11.3 Å². The number of rotatable bonds is 2. The first-order valence-corrected chi connectivity index (χ1v) is 8.40. The van der Waals surface area contributed by atoms with Gasteiger partial charge in [0.1, 0.15) is 6.33 Å². The van der Waals surface area contributed by atoms with Gasteiger partial charge in [0.25, 0.3) is 5.91 Å². The predicted molar refractivity (Wildman–Crippen MR) is 90.2 cm³/mol. The lowest BCUT2D eigenvalue weighted by molar-refractivity contribution is 0.0733. The van der Waals surface area contributed by atoms with Crippen LogP contribution in [0.2, 0.25) is 0 Å². The SMILES string of the molecule is O=C(c1ccc(-c2cccs2)cc1)N1CCc2ncncc2C1. The number of hydrogen-bond donors (Lipinski definition) is 0. The minimum absolute atomic E-state index is 0.0669. The maximum atomic E-state index is 12.7. The molecule has 0 spiro atoms. The van der Waals surface area contributed by atoms with Gasteiger partial charge in [0.2, 0.25) is 0 Å². The topological polar surface area (TPSA) is 46.1 Å². The van der Waals surface area contributed by atoms with Gasteiger partial charge in [-0.15, -0.1) is 11.3 Å². The lowest BCUT2D eigenvalue weighted by atomic mass is 10.1. The second-order valence-electron chi connectivity index (χ2n) is 5.53. The van der Waals surface area contributed by atoms with Gasteiger partial charge >= 0.3 is 0 Å². The van der Waals surface area contributed by atoms with Crippen LogP contribution in [0.25, 0.3) is 10.4 Å². The number of fused-ring (bicyclic) bond motifs is 1. The first-order chi connectivity index (χ1) is 11.3. The van der Waals surface area contributed by atoms with E-state index in [0.717, 1.165) is 28.8 Å². The molecule has 0 N–H and O–H groups in total. The van der Waals surface area contributed by atoms with E-state index in [1.54, 1.807) is 17.7 Å². The minimum atomic E-state index is 0.0669. The maximum absolute atomic E-state index is 12.7. The molecule has 1 amide bonds. The smallest absolute Gasteiger partial charge is 0.254 e.